The van der Waals surface area contributed by atoms with Gasteiger partial charge in [-0.3, -0.25) is 4.79 Å². The summed E-state index contributed by atoms with van der Waals surface area (Å²) in [6.07, 6.45) is 0. The molecule has 28 heavy (non-hydrogen) atoms. The van der Waals surface area contributed by atoms with Gasteiger partial charge in [-0.15, -0.1) is 10.2 Å². The average molecular weight is 417 g/mol. The monoisotopic (exact) mass is 416 g/mol. The Morgan fingerprint density at radius 2 is 1.86 bits per heavy atom. The fraction of sp³-hybridized carbons (Fsp3) is 0.250. The van der Waals surface area contributed by atoms with Crippen molar-refractivity contribution in [1.29, 1.82) is 0 Å². The lowest BCUT2D eigenvalue weighted by Crippen LogP contribution is -2.22. The van der Waals surface area contributed by atoms with E-state index in [1.165, 1.54) is 11.8 Å². The smallest absolute Gasteiger partial charge is 0.237 e. The Morgan fingerprint density at radius 1 is 1.18 bits per heavy atom. The van der Waals surface area contributed by atoms with E-state index in [2.05, 4.69) is 15.5 Å². The molecule has 0 aliphatic rings. The lowest BCUT2D eigenvalue weighted by atomic mass is 10.2. The number of hydrogen-bond donors (Lipinski definition) is 1. The summed E-state index contributed by atoms with van der Waals surface area (Å²) < 4.78 is 7.20. The SMILES string of the molecule is CCn1c(S[C@@H](C)C(=O)Nc2ccc(Cl)cc2)nnc1-c1ccc(OC)cc1. The zero-order valence-corrected chi connectivity index (χ0v) is 17.4. The lowest BCUT2D eigenvalue weighted by molar-refractivity contribution is -0.115. The maximum Gasteiger partial charge on any atom is 0.237 e. The molecule has 0 saturated carbocycles. The first-order valence-electron chi connectivity index (χ1n) is 8.82. The van der Waals surface area contributed by atoms with Crippen LogP contribution in [-0.4, -0.2) is 33.0 Å². The van der Waals surface area contributed by atoms with E-state index < -0.39 is 0 Å². The number of benzene rings is 2. The Morgan fingerprint density at radius 3 is 2.46 bits per heavy atom. The van der Waals surface area contributed by atoms with Crippen LogP contribution in [0.1, 0.15) is 13.8 Å². The summed E-state index contributed by atoms with van der Waals surface area (Å²) in [7, 11) is 1.63. The molecule has 1 N–H and O–H groups in total. The highest BCUT2D eigenvalue weighted by Gasteiger charge is 2.20. The molecule has 0 aliphatic carbocycles. The number of thioether (sulfide) groups is 1. The van der Waals surface area contributed by atoms with Gasteiger partial charge in [0, 0.05) is 22.8 Å². The highest BCUT2D eigenvalue weighted by atomic mass is 35.5. The van der Waals surface area contributed by atoms with E-state index in [0.717, 1.165) is 17.1 Å². The number of carbonyl (C=O) groups is 1. The second-order valence-electron chi connectivity index (χ2n) is 6.04. The maximum atomic E-state index is 12.5. The lowest BCUT2D eigenvalue weighted by Gasteiger charge is -2.13. The molecular formula is C20H21ClN4O2S. The minimum Gasteiger partial charge on any atom is -0.497 e. The minimum absolute atomic E-state index is 0.107. The van der Waals surface area contributed by atoms with E-state index in [1.54, 1.807) is 31.4 Å². The maximum absolute atomic E-state index is 12.5. The van der Waals surface area contributed by atoms with E-state index in [4.69, 9.17) is 16.3 Å². The zero-order valence-electron chi connectivity index (χ0n) is 15.8. The van der Waals surface area contributed by atoms with Crippen molar-refractivity contribution in [2.24, 2.45) is 0 Å². The number of hydrogen-bond acceptors (Lipinski definition) is 5. The summed E-state index contributed by atoms with van der Waals surface area (Å²) in [5.41, 5.74) is 1.65. The number of nitrogens with zero attached hydrogens (tertiary/aromatic N) is 3. The van der Waals surface area contributed by atoms with Gasteiger partial charge in [0.2, 0.25) is 5.91 Å². The van der Waals surface area contributed by atoms with E-state index in [0.29, 0.717) is 22.4 Å². The van der Waals surface area contributed by atoms with Crippen LogP contribution in [0.2, 0.25) is 5.02 Å². The first-order valence-corrected chi connectivity index (χ1v) is 10.1. The molecule has 1 aromatic heterocycles. The largest absolute Gasteiger partial charge is 0.497 e. The van der Waals surface area contributed by atoms with Crippen molar-refractivity contribution in [3.8, 4) is 17.1 Å². The number of ether oxygens (including phenoxy) is 1. The summed E-state index contributed by atoms with van der Waals surface area (Å²) in [6.45, 7) is 4.57. The van der Waals surface area contributed by atoms with E-state index in [1.807, 2.05) is 42.7 Å². The van der Waals surface area contributed by atoms with E-state index in [9.17, 15) is 4.79 Å². The third kappa shape index (κ3) is 4.66. The molecule has 0 saturated heterocycles. The van der Waals surface area contributed by atoms with Crippen LogP contribution in [0.25, 0.3) is 11.4 Å². The van der Waals surface area contributed by atoms with Crippen LogP contribution in [0.5, 0.6) is 5.75 Å². The van der Waals surface area contributed by atoms with E-state index >= 15 is 0 Å². The van der Waals surface area contributed by atoms with Crippen LogP contribution < -0.4 is 10.1 Å². The molecule has 3 rings (SSSR count). The number of rotatable bonds is 7. The fourth-order valence-corrected chi connectivity index (χ4v) is 3.64. The van der Waals surface area contributed by atoms with Crippen LogP contribution in [0.15, 0.2) is 53.7 Å². The van der Waals surface area contributed by atoms with Gasteiger partial charge < -0.3 is 14.6 Å². The van der Waals surface area contributed by atoms with Gasteiger partial charge in [-0.2, -0.15) is 0 Å². The highest BCUT2D eigenvalue weighted by Crippen LogP contribution is 2.28. The summed E-state index contributed by atoms with van der Waals surface area (Å²) in [5, 5.41) is 12.5. The molecule has 1 heterocycles. The summed E-state index contributed by atoms with van der Waals surface area (Å²) in [6, 6.07) is 14.7. The first kappa shape index (κ1) is 20.2. The fourth-order valence-electron chi connectivity index (χ4n) is 2.60. The van der Waals surface area contributed by atoms with Crippen molar-refractivity contribution >= 4 is 35.0 Å². The number of amides is 1. The molecule has 0 bridgehead atoms. The van der Waals surface area contributed by atoms with Crippen LogP contribution >= 0.6 is 23.4 Å². The topological polar surface area (TPSA) is 69.0 Å². The summed E-state index contributed by atoms with van der Waals surface area (Å²) in [5.74, 6) is 1.44. The molecule has 2 aromatic carbocycles. The molecule has 0 unspecified atom stereocenters. The molecule has 146 valence electrons. The summed E-state index contributed by atoms with van der Waals surface area (Å²) in [4.78, 5) is 12.5. The number of nitrogens with one attached hydrogen (secondary N) is 1. The van der Waals surface area contributed by atoms with Crippen molar-refractivity contribution in [3.05, 3.63) is 53.6 Å². The third-order valence-corrected chi connectivity index (χ3v) is 5.48. The van der Waals surface area contributed by atoms with E-state index in [-0.39, 0.29) is 11.2 Å². The van der Waals surface area contributed by atoms with Crippen molar-refractivity contribution in [2.45, 2.75) is 30.8 Å². The predicted molar refractivity (Wildman–Crippen MR) is 113 cm³/mol. The van der Waals surface area contributed by atoms with Crippen LogP contribution in [0, 0.1) is 0 Å². The Kier molecular flexibility index (Phi) is 6.59. The summed E-state index contributed by atoms with van der Waals surface area (Å²) >= 11 is 7.25. The molecule has 3 aromatic rings. The van der Waals surface area contributed by atoms with Gasteiger partial charge in [0.25, 0.3) is 0 Å². The van der Waals surface area contributed by atoms with Gasteiger partial charge in [-0.25, -0.2) is 0 Å². The Bertz CT molecular complexity index is 942. The van der Waals surface area contributed by atoms with Crippen molar-refractivity contribution < 1.29 is 9.53 Å². The minimum atomic E-state index is -0.339. The van der Waals surface area contributed by atoms with Gasteiger partial charge in [0.05, 0.1) is 12.4 Å². The first-order chi connectivity index (χ1) is 13.5. The molecule has 1 atom stereocenters. The molecular weight excluding hydrogens is 396 g/mol. The number of halogens is 1. The number of anilines is 1. The van der Waals surface area contributed by atoms with Gasteiger partial charge in [-0.05, 0) is 62.4 Å². The second kappa shape index (κ2) is 9.12. The van der Waals surface area contributed by atoms with Crippen LogP contribution in [0.3, 0.4) is 0 Å². The number of methoxy groups -OCH3 is 1. The molecule has 0 spiro atoms. The number of aromatic nitrogens is 3. The Balaban J connectivity index is 1.73. The van der Waals surface area contributed by atoms with Gasteiger partial charge in [0.1, 0.15) is 5.75 Å². The molecule has 0 fully saturated rings. The number of carbonyl (C=O) groups excluding carboxylic acids is 1. The van der Waals surface area contributed by atoms with Crippen LogP contribution in [-0.2, 0) is 11.3 Å². The molecule has 1 amide bonds. The third-order valence-electron chi connectivity index (χ3n) is 4.14. The van der Waals surface area contributed by atoms with Crippen molar-refractivity contribution in [2.75, 3.05) is 12.4 Å². The Hall–Kier alpha value is -2.51. The second-order valence-corrected chi connectivity index (χ2v) is 7.78. The van der Waals surface area contributed by atoms with Crippen LogP contribution in [0.4, 0.5) is 5.69 Å². The standard InChI is InChI=1S/C20H21ClN4O2S/c1-4-25-18(14-5-11-17(27-3)12-6-14)23-24-20(25)28-13(2)19(26)22-16-9-7-15(21)8-10-16/h5-13H,4H2,1-3H3,(H,22,26)/t13-/m0/s1. The normalized spacial score (nSPS) is 11.9. The van der Waals surface area contributed by atoms with Gasteiger partial charge >= 0.3 is 0 Å². The molecule has 0 aliphatic heterocycles. The molecule has 0 radical (unpaired) electrons. The van der Waals surface area contributed by atoms with Crippen molar-refractivity contribution in [3.63, 3.8) is 0 Å². The van der Waals surface area contributed by atoms with Crippen molar-refractivity contribution in [1.82, 2.24) is 14.8 Å². The van der Waals surface area contributed by atoms with Gasteiger partial charge in [0.15, 0.2) is 11.0 Å². The average Bonchev–Trinajstić information content (AvgIpc) is 3.12. The zero-order chi connectivity index (χ0) is 20.1. The predicted octanol–water partition coefficient (Wildman–Crippen LogP) is 4.75. The molecule has 6 nitrogen and oxygen atoms in total. The highest BCUT2D eigenvalue weighted by molar-refractivity contribution is 8.00. The quantitative estimate of drug-likeness (QED) is 0.563. The molecule has 8 heteroatoms. The van der Waals surface area contributed by atoms with Gasteiger partial charge in [-0.1, -0.05) is 23.4 Å². The Labute approximate surface area is 173 Å².